The first-order valence-electron chi connectivity index (χ1n) is 5.97. The molecule has 0 bridgehead atoms. The number of aromatic nitrogens is 1. The minimum Gasteiger partial charge on any atom is -0.369 e. The fourth-order valence-corrected chi connectivity index (χ4v) is 2.97. The highest BCUT2D eigenvalue weighted by Gasteiger charge is 2.22. The topological polar surface area (TPSA) is 48.1 Å². The average molecular weight is 240 g/mol. The largest absolute Gasteiger partial charge is 0.369 e. The molecule has 0 aromatic carbocycles. The van der Waals surface area contributed by atoms with Crippen molar-refractivity contribution in [3.63, 3.8) is 0 Å². The first kappa shape index (κ1) is 12.0. The van der Waals surface area contributed by atoms with Gasteiger partial charge in [-0.3, -0.25) is 0 Å². The smallest absolute Gasteiger partial charge is 0.119 e. The molecule has 2 atom stereocenters. The first-order valence-corrected chi connectivity index (χ1v) is 6.78. The molecule has 90 valence electrons. The van der Waals surface area contributed by atoms with Crippen molar-refractivity contribution >= 4 is 11.3 Å². The minimum absolute atomic E-state index is 0.218. The Kier molecular flexibility index (Phi) is 3.95. The van der Waals surface area contributed by atoms with Crippen LogP contribution < -0.4 is 5.73 Å². The second-order valence-corrected chi connectivity index (χ2v) is 5.83. The van der Waals surface area contributed by atoms with Gasteiger partial charge in [0.15, 0.2) is 0 Å². The van der Waals surface area contributed by atoms with Crippen molar-refractivity contribution in [1.82, 2.24) is 4.98 Å². The molecular formula is C12H20N2OS. The molecule has 2 N–H and O–H groups in total. The second-order valence-electron chi connectivity index (χ2n) is 4.55. The van der Waals surface area contributed by atoms with E-state index in [9.17, 15) is 0 Å². The number of hydrogen-bond acceptors (Lipinski definition) is 4. The molecular weight excluding hydrogens is 220 g/mol. The van der Waals surface area contributed by atoms with Crippen LogP contribution in [0.4, 0.5) is 0 Å². The lowest BCUT2D eigenvalue weighted by atomic mass is 9.93. The summed E-state index contributed by atoms with van der Waals surface area (Å²) in [6, 6.07) is 0.218. The molecule has 0 radical (unpaired) electrons. The van der Waals surface area contributed by atoms with Crippen LogP contribution in [0.1, 0.15) is 41.3 Å². The van der Waals surface area contributed by atoms with Crippen LogP contribution in [0.15, 0.2) is 0 Å². The lowest BCUT2D eigenvalue weighted by Gasteiger charge is -2.28. The Balaban J connectivity index is 1.86. The van der Waals surface area contributed by atoms with Crippen LogP contribution in [0.2, 0.25) is 0 Å². The second kappa shape index (κ2) is 5.25. The molecule has 16 heavy (non-hydrogen) atoms. The molecule has 1 aliphatic carbocycles. The van der Waals surface area contributed by atoms with Gasteiger partial charge in [0.1, 0.15) is 5.01 Å². The van der Waals surface area contributed by atoms with Crippen LogP contribution in [-0.2, 0) is 11.3 Å². The molecule has 0 aliphatic heterocycles. The molecule has 0 saturated heterocycles. The molecule has 1 aromatic rings. The van der Waals surface area contributed by atoms with Gasteiger partial charge in [0.2, 0.25) is 0 Å². The Hall–Kier alpha value is -0.450. The summed E-state index contributed by atoms with van der Waals surface area (Å²) in [5.74, 6) is 0. The summed E-state index contributed by atoms with van der Waals surface area (Å²) in [6.45, 7) is 4.77. The maximum atomic E-state index is 6.04. The average Bonchev–Trinajstić information content (AvgIpc) is 2.57. The van der Waals surface area contributed by atoms with E-state index in [0.717, 1.165) is 23.5 Å². The lowest BCUT2D eigenvalue weighted by Crippen LogP contribution is -2.39. The van der Waals surface area contributed by atoms with Crippen molar-refractivity contribution in [2.75, 3.05) is 0 Å². The Morgan fingerprint density at radius 2 is 2.12 bits per heavy atom. The quantitative estimate of drug-likeness (QED) is 0.883. The van der Waals surface area contributed by atoms with E-state index in [4.69, 9.17) is 10.5 Å². The lowest BCUT2D eigenvalue weighted by molar-refractivity contribution is 0.00394. The first-order chi connectivity index (χ1) is 7.66. The monoisotopic (exact) mass is 240 g/mol. The Morgan fingerprint density at radius 1 is 1.38 bits per heavy atom. The third-order valence-corrected chi connectivity index (χ3v) is 4.29. The number of nitrogens with zero attached hydrogens (tertiary/aromatic N) is 1. The maximum Gasteiger partial charge on any atom is 0.119 e. The van der Waals surface area contributed by atoms with Gasteiger partial charge in [-0.15, -0.1) is 11.3 Å². The van der Waals surface area contributed by atoms with Crippen LogP contribution in [0.25, 0.3) is 0 Å². The fraction of sp³-hybridized carbons (Fsp3) is 0.750. The van der Waals surface area contributed by atoms with Gasteiger partial charge in [0, 0.05) is 10.9 Å². The molecule has 1 fully saturated rings. The van der Waals surface area contributed by atoms with Crippen molar-refractivity contribution in [3.8, 4) is 0 Å². The van der Waals surface area contributed by atoms with Gasteiger partial charge in [-0.1, -0.05) is 12.8 Å². The molecule has 1 saturated carbocycles. The predicted molar refractivity (Wildman–Crippen MR) is 66.6 cm³/mol. The highest BCUT2D eigenvalue weighted by molar-refractivity contribution is 7.11. The zero-order valence-electron chi connectivity index (χ0n) is 10.0. The Morgan fingerprint density at radius 3 is 2.75 bits per heavy atom. The summed E-state index contributed by atoms with van der Waals surface area (Å²) in [7, 11) is 0. The van der Waals surface area contributed by atoms with E-state index in [0.29, 0.717) is 6.61 Å². The van der Waals surface area contributed by atoms with Crippen LogP contribution in [0.3, 0.4) is 0 Å². The number of rotatable bonds is 3. The number of aryl methyl sites for hydroxylation is 2. The van der Waals surface area contributed by atoms with Crippen LogP contribution in [0.5, 0.6) is 0 Å². The van der Waals surface area contributed by atoms with Crippen LogP contribution in [-0.4, -0.2) is 17.1 Å². The molecule has 1 aliphatic rings. The zero-order valence-corrected chi connectivity index (χ0v) is 10.8. The maximum absolute atomic E-state index is 6.04. The van der Waals surface area contributed by atoms with Gasteiger partial charge in [0.25, 0.3) is 0 Å². The predicted octanol–water partition coefficient (Wildman–Crippen LogP) is 2.55. The molecule has 3 nitrogen and oxygen atoms in total. The van der Waals surface area contributed by atoms with Gasteiger partial charge in [-0.05, 0) is 26.7 Å². The van der Waals surface area contributed by atoms with E-state index in [1.54, 1.807) is 11.3 Å². The number of ether oxygens (including phenoxy) is 1. The highest BCUT2D eigenvalue weighted by atomic mass is 32.1. The van der Waals surface area contributed by atoms with E-state index < -0.39 is 0 Å². The fourth-order valence-electron chi connectivity index (χ4n) is 2.11. The number of nitrogens with two attached hydrogens (primary N) is 1. The molecule has 1 aromatic heterocycles. The summed E-state index contributed by atoms with van der Waals surface area (Å²) < 4.78 is 5.87. The van der Waals surface area contributed by atoms with Gasteiger partial charge in [0.05, 0.1) is 18.4 Å². The summed E-state index contributed by atoms with van der Waals surface area (Å²) >= 11 is 1.73. The summed E-state index contributed by atoms with van der Waals surface area (Å²) in [5, 5.41) is 1.08. The van der Waals surface area contributed by atoms with Gasteiger partial charge < -0.3 is 10.5 Å². The van der Waals surface area contributed by atoms with Gasteiger partial charge in [-0.2, -0.15) is 0 Å². The van der Waals surface area contributed by atoms with E-state index in [2.05, 4.69) is 11.9 Å². The highest BCUT2D eigenvalue weighted by Crippen LogP contribution is 2.22. The van der Waals surface area contributed by atoms with Crippen molar-refractivity contribution in [2.24, 2.45) is 5.73 Å². The van der Waals surface area contributed by atoms with Crippen LogP contribution in [0, 0.1) is 13.8 Å². The SMILES string of the molecule is Cc1nc(COC2CCCCC2N)sc1C. The normalized spacial score (nSPS) is 25.9. The third kappa shape index (κ3) is 2.81. The molecule has 2 rings (SSSR count). The molecule has 4 heteroatoms. The standard InChI is InChI=1S/C12H20N2OS/c1-8-9(2)16-12(14-8)7-15-11-6-4-3-5-10(11)13/h10-11H,3-7,13H2,1-2H3. The van der Waals surface area contributed by atoms with E-state index >= 15 is 0 Å². The Labute approximate surface area is 101 Å². The molecule has 0 spiro atoms. The molecule has 2 unspecified atom stereocenters. The number of hydrogen-bond donors (Lipinski definition) is 1. The van der Waals surface area contributed by atoms with E-state index in [1.165, 1.54) is 17.7 Å². The molecule has 1 heterocycles. The van der Waals surface area contributed by atoms with Gasteiger partial charge in [-0.25, -0.2) is 4.98 Å². The summed E-state index contributed by atoms with van der Waals surface area (Å²) in [6.07, 6.45) is 4.92. The van der Waals surface area contributed by atoms with E-state index in [-0.39, 0.29) is 12.1 Å². The van der Waals surface area contributed by atoms with E-state index in [1.807, 2.05) is 6.92 Å². The zero-order chi connectivity index (χ0) is 11.5. The summed E-state index contributed by atoms with van der Waals surface area (Å²) in [5.41, 5.74) is 7.16. The van der Waals surface area contributed by atoms with Crippen molar-refractivity contribution in [1.29, 1.82) is 0 Å². The van der Waals surface area contributed by atoms with Crippen molar-refractivity contribution < 1.29 is 4.74 Å². The third-order valence-electron chi connectivity index (χ3n) is 3.25. The number of thiazole rings is 1. The Bertz CT molecular complexity index is 331. The minimum atomic E-state index is 0.218. The van der Waals surface area contributed by atoms with Gasteiger partial charge >= 0.3 is 0 Å². The molecule has 0 amide bonds. The van der Waals surface area contributed by atoms with Crippen molar-refractivity contribution in [2.45, 2.75) is 58.3 Å². The van der Waals surface area contributed by atoms with Crippen LogP contribution >= 0.6 is 11.3 Å². The van der Waals surface area contributed by atoms with Crippen molar-refractivity contribution in [3.05, 3.63) is 15.6 Å². The summed E-state index contributed by atoms with van der Waals surface area (Å²) in [4.78, 5) is 5.76.